The fourth-order valence-corrected chi connectivity index (χ4v) is 2.85. The van der Waals surface area contributed by atoms with Crippen LogP contribution in [0.25, 0.3) is 6.08 Å². The monoisotopic (exact) mass is 326 g/mol. The summed E-state index contributed by atoms with van der Waals surface area (Å²) in [5, 5.41) is 13.8. The quantitative estimate of drug-likeness (QED) is 0.861. The highest BCUT2D eigenvalue weighted by Crippen LogP contribution is 2.28. The Morgan fingerprint density at radius 2 is 2.04 bits per heavy atom. The predicted molar refractivity (Wildman–Crippen MR) is 87.0 cm³/mol. The van der Waals surface area contributed by atoms with Crippen molar-refractivity contribution < 1.29 is 14.7 Å². The first kappa shape index (κ1) is 15.1. The van der Waals surface area contributed by atoms with Crippen LogP contribution in [0.1, 0.15) is 16.1 Å². The lowest BCUT2D eigenvalue weighted by Gasteiger charge is -2.02. The molecule has 0 atom stereocenters. The van der Waals surface area contributed by atoms with Gasteiger partial charge in [0.1, 0.15) is 0 Å². The summed E-state index contributed by atoms with van der Waals surface area (Å²) in [5.74, 6) is -1.44. The molecule has 2 aromatic rings. The van der Waals surface area contributed by atoms with E-state index in [2.05, 4.69) is 10.3 Å². The number of amides is 1. The van der Waals surface area contributed by atoms with Crippen LogP contribution in [0.3, 0.4) is 0 Å². The van der Waals surface area contributed by atoms with Gasteiger partial charge in [0.25, 0.3) is 5.91 Å². The van der Waals surface area contributed by atoms with Crippen LogP contribution in [0.4, 0.5) is 5.69 Å². The van der Waals surface area contributed by atoms with Crippen molar-refractivity contribution in [3.05, 3.63) is 58.8 Å². The van der Waals surface area contributed by atoms with E-state index in [4.69, 9.17) is 0 Å². The highest BCUT2D eigenvalue weighted by atomic mass is 32.2. The fourth-order valence-electron chi connectivity index (χ4n) is 2.03. The van der Waals surface area contributed by atoms with Gasteiger partial charge in [0.2, 0.25) is 0 Å². The first-order chi connectivity index (χ1) is 11.0. The molecule has 1 N–H and O–H groups in total. The number of aromatic carboxylic acids is 1. The lowest BCUT2D eigenvalue weighted by molar-refractivity contribution is -0.255. The van der Waals surface area contributed by atoms with Crippen LogP contribution in [-0.4, -0.2) is 21.6 Å². The number of hydrogen-bond acceptors (Lipinski definition) is 5. The number of hydrogen-bond donors (Lipinski definition) is 1. The molecule has 0 bridgehead atoms. The molecule has 1 amide bonds. The second kappa shape index (κ2) is 6.13. The molecule has 0 radical (unpaired) electrons. The van der Waals surface area contributed by atoms with Gasteiger partial charge < -0.3 is 19.8 Å². The van der Waals surface area contributed by atoms with Crippen molar-refractivity contribution in [3.8, 4) is 0 Å². The number of thioether (sulfide) groups is 1. The standard InChI is InChI=1S/C16H13N3O3S/c1-19-8-2-3-12(19)9-13-14(20)18-16(23-13)17-11-6-4-10(5-7-11)15(21)22/h2-9H,1H3,(H,21,22)(H,17,18,20)/p-1/b13-9+. The fraction of sp³-hybridized carbons (Fsp3) is 0.0625. The molecule has 1 aromatic heterocycles. The summed E-state index contributed by atoms with van der Waals surface area (Å²) in [4.78, 5) is 27.5. The van der Waals surface area contributed by atoms with Gasteiger partial charge in [-0.25, -0.2) is 4.99 Å². The van der Waals surface area contributed by atoms with Gasteiger partial charge in [0.15, 0.2) is 5.17 Å². The number of aryl methyl sites for hydroxylation is 1. The van der Waals surface area contributed by atoms with E-state index in [0.29, 0.717) is 15.8 Å². The molecule has 0 saturated carbocycles. The van der Waals surface area contributed by atoms with Crippen molar-refractivity contribution in [2.45, 2.75) is 0 Å². The van der Waals surface area contributed by atoms with Gasteiger partial charge in [0.05, 0.1) is 16.6 Å². The summed E-state index contributed by atoms with van der Waals surface area (Å²) in [7, 11) is 1.90. The molecule has 3 rings (SSSR count). The summed E-state index contributed by atoms with van der Waals surface area (Å²) in [6.07, 6.45) is 3.69. The maximum absolute atomic E-state index is 12.0. The Kier molecular flexibility index (Phi) is 4.03. The second-order valence-electron chi connectivity index (χ2n) is 4.86. The normalized spacial score (nSPS) is 17.7. The van der Waals surface area contributed by atoms with E-state index < -0.39 is 5.97 Å². The predicted octanol–water partition coefficient (Wildman–Crippen LogP) is 1.28. The van der Waals surface area contributed by atoms with Crippen LogP contribution in [0.5, 0.6) is 0 Å². The van der Waals surface area contributed by atoms with Crippen molar-refractivity contribution in [1.29, 1.82) is 0 Å². The molecule has 1 aliphatic rings. The zero-order valence-electron chi connectivity index (χ0n) is 12.1. The van der Waals surface area contributed by atoms with Crippen molar-refractivity contribution >= 4 is 40.6 Å². The van der Waals surface area contributed by atoms with Crippen LogP contribution < -0.4 is 10.4 Å². The topological polar surface area (TPSA) is 86.5 Å². The molecule has 1 fully saturated rings. The molecule has 6 nitrogen and oxygen atoms in total. The van der Waals surface area contributed by atoms with Crippen LogP contribution in [0, 0.1) is 0 Å². The van der Waals surface area contributed by atoms with Crippen LogP contribution in [-0.2, 0) is 11.8 Å². The Hall–Kier alpha value is -2.80. The van der Waals surface area contributed by atoms with Crippen LogP contribution in [0.15, 0.2) is 52.5 Å². The molecule has 0 unspecified atom stereocenters. The number of rotatable bonds is 3. The van der Waals surface area contributed by atoms with Crippen molar-refractivity contribution in [3.63, 3.8) is 0 Å². The van der Waals surface area contributed by atoms with E-state index in [1.807, 2.05) is 29.9 Å². The number of carbonyl (C=O) groups is 2. The number of carboxylic acid groups (broad SMARTS) is 1. The summed E-state index contributed by atoms with van der Waals surface area (Å²) in [5.41, 5.74) is 1.56. The average molecular weight is 326 g/mol. The molecule has 0 aliphatic carbocycles. The highest BCUT2D eigenvalue weighted by molar-refractivity contribution is 8.18. The number of aromatic nitrogens is 1. The summed E-state index contributed by atoms with van der Waals surface area (Å²) in [6.45, 7) is 0. The minimum Gasteiger partial charge on any atom is -0.545 e. The molecule has 1 aliphatic heterocycles. The van der Waals surface area contributed by atoms with Gasteiger partial charge in [-0.15, -0.1) is 0 Å². The molecule has 7 heteroatoms. The van der Waals surface area contributed by atoms with E-state index in [0.717, 1.165) is 5.69 Å². The lowest BCUT2D eigenvalue weighted by atomic mass is 10.2. The lowest BCUT2D eigenvalue weighted by Crippen LogP contribution is -2.21. The molecular weight excluding hydrogens is 314 g/mol. The zero-order chi connectivity index (χ0) is 16.4. The van der Waals surface area contributed by atoms with Crippen molar-refractivity contribution in [1.82, 2.24) is 9.88 Å². The molecule has 1 saturated heterocycles. The maximum atomic E-state index is 12.0. The van der Waals surface area contributed by atoms with Gasteiger partial charge in [0, 0.05) is 18.9 Å². The van der Waals surface area contributed by atoms with Gasteiger partial charge >= 0.3 is 0 Å². The van der Waals surface area contributed by atoms with Gasteiger partial charge in [-0.3, -0.25) is 4.79 Å². The Bertz CT molecular complexity index is 835. The molecular formula is C16H12N3O3S-. The molecule has 1 aromatic carbocycles. The number of carbonyl (C=O) groups excluding carboxylic acids is 2. The molecule has 0 spiro atoms. The number of carboxylic acids is 1. The number of amidine groups is 1. The minimum atomic E-state index is -1.24. The highest BCUT2D eigenvalue weighted by Gasteiger charge is 2.24. The SMILES string of the molecule is Cn1cccc1/C=C1/SC(=Nc2ccc(C(=O)[O-])cc2)NC1=O. The largest absolute Gasteiger partial charge is 0.545 e. The number of nitrogens with zero attached hydrogens (tertiary/aromatic N) is 2. The smallest absolute Gasteiger partial charge is 0.264 e. The van der Waals surface area contributed by atoms with Crippen molar-refractivity contribution in [2.24, 2.45) is 12.0 Å². The van der Waals surface area contributed by atoms with E-state index in [9.17, 15) is 14.7 Å². The second-order valence-corrected chi connectivity index (χ2v) is 5.89. The van der Waals surface area contributed by atoms with Crippen molar-refractivity contribution in [2.75, 3.05) is 0 Å². The summed E-state index contributed by atoms with van der Waals surface area (Å²) < 4.78 is 1.91. The third-order valence-electron chi connectivity index (χ3n) is 3.25. The van der Waals surface area contributed by atoms with E-state index in [1.54, 1.807) is 18.2 Å². The average Bonchev–Trinajstić information content (AvgIpc) is 3.07. The number of nitrogens with one attached hydrogen (secondary N) is 1. The third-order valence-corrected chi connectivity index (χ3v) is 4.16. The van der Waals surface area contributed by atoms with E-state index >= 15 is 0 Å². The molecule has 116 valence electrons. The Morgan fingerprint density at radius 1 is 1.30 bits per heavy atom. The van der Waals surface area contributed by atoms with E-state index in [-0.39, 0.29) is 11.5 Å². The summed E-state index contributed by atoms with van der Waals surface area (Å²) >= 11 is 1.24. The minimum absolute atomic E-state index is 0.0846. The first-order valence-electron chi connectivity index (χ1n) is 6.75. The summed E-state index contributed by atoms with van der Waals surface area (Å²) in [6, 6.07) is 9.76. The Balaban J connectivity index is 1.80. The molecule has 23 heavy (non-hydrogen) atoms. The first-order valence-corrected chi connectivity index (χ1v) is 7.57. The Morgan fingerprint density at radius 3 is 2.65 bits per heavy atom. The van der Waals surface area contributed by atoms with Gasteiger partial charge in [-0.2, -0.15) is 0 Å². The van der Waals surface area contributed by atoms with Gasteiger partial charge in [-0.05, 0) is 47.7 Å². The van der Waals surface area contributed by atoms with E-state index in [1.165, 1.54) is 23.9 Å². The third kappa shape index (κ3) is 3.35. The Labute approximate surface area is 136 Å². The number of benzene rings is 1. The maximum Gasteiger partial charge on any atom is 0.264 e. The molecule has 2 heterocycles. The number of aliphatic imine (C=N–C) groups is 1. The van der Waals surface area contributed by atoms with Crippen LogP contribution in [0.2, 0.25) is 0 Å². The van der Waals surface area contributed by atoms with Crippen LogP contribution >= 0.6 is 11.8 Å². The van der Waals surface area contributed by atoms with Gasteiger partial charge in [-0.1, -0.05) is 12.1 Å². The zero-order valence-corrected chi connectivity index (χ0v) is 13.0.